The predicted octanol–water partition coefficient (Wildman–Crippen LogP) is -0.498. The van der Waals surface area contributed by atoms with E-state index in [0.29, 0.717) is 13.2 Å². The Balaban J connectivity index is 0.000000181. The molecule has 88 valence electrons. The molecule has 1 aliphatic heterocycles. The summed E-state index contributed by atoms with van der Waals surface area (Å²) in [7, 11) is 0. The van der Waals surface area contributed by atoms with E-state index >= 15 is 0 Å². The molecule has 0 bridgehead atoms. The number of nitrogens with zero attached hydrogens (tertiary/aromatic N) is 2. The van der Waals surface area contributed by atoms with E-state index in [4.69, 9.17) is 22.1 Å². The Morgan fingerprint density at radius 2 is 2.06 bits per heavy atom. The van der Waals surface area contributed by atoms with Crippen molar-refractivity contribution < 1.29 is 9.53 Å². The molecule has 0 aliphatic carbocycles. The van der Waals surface area contributed by atoms with Crippen LogP contribution in [0.1, 0.15) is 0 Å². The predicted molar refractivity (Wildman–Crippen MR) is 58.6 cm³/mol. The molecule has 2 heterocycles. The zero-order valence-electron chi connectivity index (χ0n) is 8.54. The first-order valence-electron chi connectivity index (χ1n) is 4.70. The molecule has 1 aromatic rings. The summed E-state index contributed by atoms with van der Waals surface area (Å²) in [5.41, 5.74) is 4.77. The van der Waals surface area contributed by atoms with Crippen LogP contribution in [0, 0.1) is 0 Å². The second-order valence-corrected chi connectivity index (χ2v) is 3.54. The molecular weight excluding hydrogens is 232 g/mol. The molecule has 0 saturated carbocycles. The standard InChI is InChI=1S/C5H9ClN2O2.C4H4N2/c6-4-2-10-3(1-8-4)5(7)9;1-2-4-6-5-3-1/h3-4,8H,1-2H2,(H2,7,9);1-4H. The zero-order chi connectivity index (χ0) is 11.8. The van der Waals surface area contributed by atoms with Crippen LogP contribution in [0.25, 0.3) is 0 Å². The molecule has 1 saturated heterocycles. The van der Waals surface area contributed by atoms with Gasteiger partial charge in [0.2, 0.25) is 5.91 Å². The van der Waals surface area contributed by atoms with Crippen LogP contribution in [0.4, 0.5) is 0 Å². The molecule has 0 spiro atoms. The number of hydrogen-bond donors (Lipinski definition) is 2. The van der Waals surface area contributed by atoms with Gasteiger partial charge in [0.1, 0.15) is 11.6 Å². The highest BCUT2D eigenvalue weighted by Gasteiger charge is 2.22. The van der Waals surface area contributed by atoms with Gasteiger partial charge in [-0.3, -0.25) is 10.1 Å². The molecule has 6 nitrogen and oxygen atoms in total. The Morgan fingerprint density at radius 3 is 2.38 bits per heavy atom. The Kier molecular flexibility index (Phi) is 5.69. The third kappa shape index (κ3) is 5.01. The third-order valence-electron chi connectivity index (χ3n) is 1.77. The fourth-order valence-electron chi connectivity index (χ4n) is 0.989. The Bertz CT molecular complexity index is 277. The van der Waals surface area contributed by atoms with Crippen molar-refractivity contribution in [3.05, 3.63) is 24.5 Å². The Hall–Kier alpha value is -1.24. The number of carbonyl (C=O) groups excluding carboxylic acids is 1. The van der Waals surface area contributed by atoms with Gasteiger partial charge in [0.25, 0.3) is 0 Å². The molecule has 2 atom stereocenters. The second kappa shape index (κ2) is 7.10. The zero-order valence-corrected chi connectivity index (χ0v) is 9.30. The highest BCUT2D eigenvalue weighted by atomic mass is 35.5. The first-order chi connectivity index (χ1) is 7.70. The monoisotopic (exact) mass is 244 g/mol. The van der Waals surface area contributed by atoms with Crippen LogP contribution in [0.2, 0.25) is 0 Å². The van der Waals surface area contributed by atoms with Gasteiger partial charge in [-0.2, -0.15) is 10.2 Å². The normalized spacial score (nSPS) is 24.1. The van der Waals surface area contributed by atoms with Crippen molar-refractivity contribution in [3.8, 4) is 0 Å². The number of ether oxygens (including phenoxy) is 1. The van der Waals surface area contributed by atoms with Gasteiger partial charge in [-0.15, -0.1) is 11.6 Å². The van der Waals surface area contributed by atoms with Crippen LogP contribution in [0.3, 0.4) is 0 Å². The van der Waals surface area contributed by atoms with Crippen LogP contribution >= 0.6 is 11.6 Å². The summed E-state index contributed by atoms with van der Waals surface area (Å²) in [6, 6.07) is 3.65. The number of aromatic nitrogens is 2. The molecule has 2 rings (SSSR count). The van der Waals surface area contributed by atoms with Gasteiger partial charge in [-0.25, -0.2) is 0 Å². The number of carbonyl (C=O) groups is 1. The van der Waals surface area contributed by atoms with Crippen LogP contribution in [0.5, 0.6) is 0 Å². The molecule has 2 unspecified atom stereocenters. The number of morpholine rings is 1. The molecular formula is C9H13ClN4O2. The lowest BCUT2D eigenvalue weighted by molar-refractivity contribution is -0.131. The molecule has 3 N–H and O–H groups in total. The number of hydrogen-bond acceptors (Lipinski definition) is 5. The van der Waals surface area contributed by atoms with Gasteiger partial charge in [-0.05, 0) is 12.1 Å². The lowest BCUT2D eigenvalue weighted by Gasteiger charge is -2.24. The second-order valence-electron chi connectivity index (χ2n) is 3.01. The quantitative estimate of drug-likeness (QED) is 0.514. The molecule has 1 aliphatic rings. The molecule has 0 aromatic carbocycles. The third-order valence-corrected chi connectivity index (χ3v) is 2.05. The lowest BCUT2D eigenvalue weighted by Crippen LogP contribution is -2.49. The summed E-state index contributed by atoms with van der Waals surface area (Å²) < 4.78 is 4.98. The van der Waals surface area contributed by atoms with E-state index < -0.39 is 12.0 Å². The van der Waals surface area contributed by atoms with E-state index in [1.54, 1.807) is 12.4 Å². The van der Waals surface area contributed by atoms with E-state index in [2.05, 4.69) is 15.5 Å². The van der Waals surface area contributed by atoms with Crippen molar-refractivity contribution in [3.63, 3.8) is 0 Å². The number of primary amides is 1. The minimum atomic E-state index is -0.519. The fraction of sp³-hybridized carbons (Fsp3) is 0.444. The van der Waals surface area contributed by atoms with Crippen molar-refractivity contribution in [2.45, 2.75) is 11.6 Å². The number of amides is 1. The van der Waals surface area contributed by atoms with Gasteiger partial charge in [-0.1, -0.05) is 0 Å². The van der Waals surface area contributed by atoms with Crippen LogP contribution in [-0.4, -0.2) is 40.9 Å². The average Bonchev–Trinajstić information content (AvgIpc) is 2.32. The summed E-state index contributed by atoms with van der Waals surface area (Å²) in [4.78, 5) is 10.5. The molecule has 16 heavy (non-hydrogen) atoms. The summed E-state index contributed by atoms with van der Waals surface area (Å²) in [6.07, 6.45) is 2.76. The summed E-state index contributed by atoms with van der Waals surface area (Å²) >= 11 is 5.60. The number of rotatable bonds is 1. The van der Waals surface area contributed by atoms with Crippen LogP contribution in [-0.2, 0) is 9.53 Å². The van der Waals surface area contributed by atoms with Crippen molar-refractivity contribution >= 4 is 17.5 Å². The SMILES string of the molecule is NC(=O)C1CNC(Cl)CO1.c1ccnnc1. The number of alkyl halides is 1. The summed E-state index contributed by atoms with van der Waals surface area (Å²) in [5, 5.41) is 9.92. The highest BCUT2D eigenvalue weighted by molar-refractivity contribution is 6.20. The first-order valence-corrected chi connectivity index (χ1v) is 5.14. The minimum Gasteiger partial charge on any atom is -0.367 e. The molecule has 1 aromatic heterocycles. The Labute approximate surface area is 98.1 Å². The minimum absolute atomic E-state index is 0.199. The summed E-state index contributed by atoms with van der Waals surface area (Å²) in [6.45, 7) is 0.735. The topological polar surface area (TPSA) is 90.1 Å². The first kappa shape index (κ1) is 12.8. The van der Waals surface area contributed by atoms with Crippen molar-refractivity contribution in [1.82, 2.24) is 15.5 Å². The van der Waals surface area contributed by atoms with Crippen molar-refractivity contribution in [2.24, 2.45) is 5.73 Å². The largest absolute Gasteiger partial charge is 0.367 e. The van der Waals surface area contributed by atoms with Gasteiger partial charge in [0.05, 0.1) is 6.61 Å². The summed E-state index contributed by atoms with van der Waals surface area (Å²) in [5.74, 6) is -0.448. The van der Waals surface area contributed by atoms with Crippen LogP contribution < -0.4 is 11.1 Å². The van der Waals surface area contributed by atoms with Crippen LogP contribution in [0.15, 0.2) is 24.5 Å². The maximum atomic E-state index is 10.5. The number of halogens is 1. The van der Waals surface area contributed by atoms with Gasteiger partial charge < -0.3 is 10.5 Å². The fourth-order valence-corrected chi connectivity index (χ4v) is 1.15. The number of nitrogens with two attached hydrogens (primary N) is 1. The highest BCUT2D eigenvalue weighted by Crippen LogP contribution is 2.02. The lowest BCUT2D eigenvalue weighted by atomic mass is 10.3. The van der Waals surface area contributed by atoms with E-state index in [0.717, 1.165) is 0 Å². The van der Waals surface area contributed by atoms with Gasteiger partial charge in [0, 0.05) is 18.9 Å². The van der Waals surface area contributed by atoms with E-state index in [1.807, 2.05) is 12.1 Å². The molecule has 1 fully saturated rings. The van der Waals surface area contributed by atoms with Crippen molar-refractivity contribution in [2.75, 3.05) is 13.2 Å². The number of nitrogens with one attached hydrogen (secondary N) is 1. The molecule has 1 amide bonds. The average molecular weight is 245 g/mol. The van der Waals surface area contributed by atoms with Gasteiger partial charge >= 0.3 is 0 Å². The smallest absolute Gasteiger partial charge is 0.247 e. The van der Waals surface area contributed by atoms with Gasteiger partial charge in [0.15, 0.2) is 0 Å². The molecule has 0 radical (unpaired) electrons. The Morgan fingerprint density at radius 1 is 1.44 bits per heavy atom. The van der Waals surface area contributed by atoms with E-state index in [-0.39, 0.29) is 5.50 Å². The molecule has 7 heteroatoms. The van der Waals surface area contributed by atoms with Crippen molar-refractivity contribution in [1.29, 1.82) is 0 Å². The maximum absolute atomic E-state index is 10.5. The maximum Gasteiger partial charge on any atom is 0.247 e. The van der Waals surface area contributed by atoms with E-state index in [1.165, 1.54) is 0 Å². The van der Waals surface area contributed by atoms with E-state index in [9.17, 15) is 4.79 Å².